The van der Waals surface area contributed by atoms with Crippen molar-refractivity contribution in [2.75, 3.05) is 11.9 Å². The van der Waals surface area contributed by atoms with E-state index < -0.39 is 0 Å². The first-order valence-corrected chi connectivity index (χ1v) is 5.27. The van der Waals surface area contributed by atoms with Gasteiger partial charge in [-0.3, -0.25) is 0 Å². The van der Waals surface area contributed by atoms with E-state index in [0.29, 0.717) is 17.9 Å². The highest BCUT2D eigenvalue weighted by Gasteiger charge is 2.10. The zero-order chi connectivity index (χ0) is 12.3. The van der Waals surface area contributed by atoms with E-state index in [1.807, 2.05) is 18.0 Å². The molecule has 0 aromatic carbocycles. The molecule has 17 heavy (non-hydrogen) atoms. The molecule has 0 saturated heterocycles. The summed E-state index contributed by atoms with van der Waals surface area (Å²) < 4.78 is 18.0. The second kappa shape index (κ2) is 4.97. The van der Waals surface area contributed by atoms with Crippen molar-refractivity contribution in [3.63, 3.8) is 0 Å². The Morgan fingerprint density at radius 1 is 1.53 bits per heavy atom. The van der Waals surface area contributed by atoms with Gasteiger partial charge in [0, 0.05) is 31.3 Å². The largest absolute Gasteiger partial charge is 0.472 e. The minimum Gasteiger partial charge on any atom is -0.472 e. The Morgan fingerprint density at radius 2 is 2.35 bits per heavy atom. The van der Waals surface area contributed by atoms with Gasteiger partial charge in [0.1, 0.15) is 11.6 Å². The molecule has 0 aliphatic heterocycles. The van der Waals surface area contributed by atoms with Crippen molar-refractivity contribution in [3.8, 4) is 0 Å². The Bertz CT molecular complexity index is 485. The fourth-order valence-corrected chi connectivity index (χ4v) is 1.70. The van der Waals surface area contributed by atoms with Crippen molar-refractivity contribution in [1.82, 2.24) is 4.98 Å². The van der Waals surface area contributed by atoms with Crippen molar-refractivity contribution >= 4 is 5.82 Å². The molecular formula is C12H14FN3O. The number of pyridine rings is 1. The summed E-state index contributed by atoms with van der Waals surface area (Å²) in [6, 6.07) is 3.29. The highest BCUT2D eigenvalue weighted by molar-refractivity contribution is 5.46. The molecule has 4 nitrogen and oxygen atoms in total. The molecule has 0 spiro atoms. The molecule has 2 heterocycles. The molecule has 0 aliphatic rings. The first-order valence-electron chi connectivity index (χ1n) is 5.27. The van der Waals surface area contributed by atoms with Gasteiger partial charge in [0.2, 0.25) is 0 Å². The average molecular weight is 235 g/mol. The fraction of sp³-hybridized carbons (Fsp3) is 0.250. The summed E-state index contributed by atoms with van der Waals surface area (Å²) in [6.07, 6.45) is 4.48. The molecule has 5 heteroatoms. The van der Waals surface area contributed by atoms with E-state index in [1.54, 1.807) is 12.5 Å². The normalized spacial score (nSPS) is 10.5. The van der Waals surface area contributed by atoms with Gasteiger partial charge in [0.05, 0.1) is 18.7 Å². The van der Waals surface area contributed by atoms with Gasteiger partial charge in [-0.1, -0.05) is 0 Å². The van der Waals surface area contributed by atoms with Crippen LogP contribution in [0, 0.1) is 5.82 Å². The Balaban J connectivity index is 2.21. The van der Waals surface area contributed by atoms with Crippen LogP contribution in [0.1, 0.15) is 11.1 Å². The summed E-state index contributed by atoms with van der Waals surface area (Å²) >= 11 is 0. The predicted octanol–water partition coefficient (Wildman–Crippen LogP) is 1.91. The van der Waals surface area contributed by atoms with E-state index in [1.165, 1.54) is 12.3 Å². The summed E-state index contributed by atoms with van der Waals surface area (Å²) in [7, 11) is 1.88. The topological polar surface area (TPSA) is 55.3 Å². The van der Waals surface area contributed by atoms with Gasteiger partial charge < -0.3 is 15.1 Å². The summed E-state index contributed by atoms with van der Waals surface area (Å²) in [5, 5.41) is 0. The van der Waals surface area contributed by atoms with Crippen molar-refractivity contribution in [2.24, 2.45) is 5.73 Å². The zero-order valence-electron chi connectivity index (χ0n) is 9.56. The fourth-order valence-electron chi connectivity index (χ4n) is 1.70. The van der Waals surface area contributed by atoms with Gasteiger partial charge in [-0.25, -0.2) is 9.37 Å². The van der Waals surface area contributed by atoms with Crippen molar-refractivity contribution < 1.29 is 8.81 Å². The SMILES string of the molecule is CN(Cc1ccoc1)c1ncc(F)cc1CN. The number of furan rings is 1. The molecule has 2 aromatic heterocycles. The second-order valence-electron chi connectivity index (χ2n) is 3.83. The number of halogens is 1. The lowest BCUT2D eigenvalue weighted by atomic mass is 10.2. The first-order chi connectivity index (χ1) is 8.20. The molecule has 2 rings (SSSR count). The third kappa shape index (κ3) is 2.62. The van der Waals surface area contributed by atoms with Crippen LogP contribution in [-0.4, -0.2) is 12.0 Å². The van der Waals surface area contributed by atoms with Crippen LogP contribution in [0.5, 0.6) is 0 Å². The van der Waals surface area contributed by atoms with Crippen molar-refractivity contribution in [3.05, 3.63) is 47.8 Å². The maximum absolute atomic E-state index is 13.0. The molecule has 0 fully saturated rings. The van der Waals surface area contributed by atoms with Crippen LogP contribution in [0.25, 0.3) is 0 Å². The number of nitrogens with zero attached hydrogens (tertiary/aromatic N) is 2. The molecule has 0 saturated carbocycles. The standard InChI is InChI=1S/C12H14FN3O/c1-16(7-9-2-3-17-8-9)12-10(5-14)4-11(13)6-15-12/h2-4,6,8H,5,7,14H2,1H3. The Kier molecular flexibility index (Phi) is 3.39. The monoisotopic (exact) mass is 235 g/mol. The van der Waals surface area contributed by atoms with Crippen LogP contribution in [0.2, 0.25) is 0 Å². The van der Waals surface area contributed by atoms with Crippen molar-refractivity contribution in [2.45, 2.75) is 13.1 Å². The van der Waals surface area contributed by atoms with Gasteiger partial charge in [0.15, 0.2) is 0 Å². The predicted molar refractivity (Wildman–Crippen MR) is 62.9 cm³/mol. The lowest BCUT2D eigenvalue weighted by Crippen LogP contribution is -2.20. The van der Waals surface area contributed by atoms with Crippen LogP contribution in [0.15, 0.2) is 35.3 Å². The van der Waals surface area contributed by atoms with Crippen molar-refractivity contribution in [1.29, 1.82) is 0 Å². The molecule has 0 unspecified atom stereocenters. The number of rotatable bonds is 4. The summed E-state index contributed by atoms with van der Waals surface area (Å²) in [6.45, 7) is 0.901. The highest BCUT2D eigenvalue weighted by atomic mass is 19.1. The van der Waals surface area contributed by atoms with Gasteiger partial charge in [0.25, 0.3) is 0 Å². The number of hydrogen-bond donors (Lipinski definition) is 1. The van der Waals surface area contributed by atoms with Gasteiger partial charge in [-0.2, -0.15) is 0 Å². The quantitative estimate of drug-likeness (QED) is 0.879. The molecule has 2 aromatic rings. The second-order valence-corrected chi connectivity index (χ2v) is 3.83. The Labute approximate surface area is 98.9 Å². The minimum absolute atomic E-state index is 0.260. The number of anilines is 1. The highest BCUT2D eigenvalue weighted by Crippen LogP contribution is 2.18. The van der Waals surface area contributed by atoms with Crippen LogP contribution < -0.4 is 10.6 Å². The molecule has 0 bridgehead atoms. The number of nitrogens with two attached hydrogens (primary N) is 1. The Hall–Kier alpha value is -1.88. The van der Waals surface area contributed by atoms with E-state index in [2.05, 4.69) is 4.98 Å². The smallest absolute Gasteiger partial charge is 0.141 e. The summed E-state index contributed by atoms with van der Waals surface area (Å²) in [5.74, 6) is 0.320. The van der Waals surface area contributed by atoms with E-state index in [0.717, 1.165) is 5.56 Å². The minimum atomic E-state index is -0.370. The maximum Gasteiger partial charge on any atom is 0.141 e. The van der Waals surface area contributed by atoms with E-state index in [-0.39, 0.29) is 12.4 Å². The third-order valence-electron chi connectivity index (χ3n) is 2.49. The molecular weight excluding hydrogens is 221 g/mol. The molecule has 0 amide bonds. The van der Waals surface area contributed by atoms with E-state index in [9.17, 15) is 4.39 Å². The summed E-state index contributed by atoms with van der Waals surface area (Å²) in [4.78, 5) is 5.98. The van der Waals surface area contributed by atoms with Crippen LogP contribution in [0.3, 0.4) is 0 Å². The van der Waals surface area contributed by atoms with Crippen LogP contribution in [-0.2, 0) is 13.1 Å². The molecule has 90 valence electrons. The first kappa shape index (κ1) is 11.6. The molecule has 0 radical (unpaired) electrons. The van der Waals surface area contributed by atoms with E-state index in [4.69, 9.17) is 10.2 Å². The zero-order valence-corrected chi connectivity index (χ0v) is 9.56. The number of hydrogen-bond acceptors (Lipinski definition) is 4. The van der Waals surface area contributed by atoms with Gasteiger partial charge in [-0.15, -0.1) is 0 Å². The van der Waals surface area contributed by atoms with Crippen LogP contribution in [0.4, 0.5) is 10.2 Å². The Morgan fingerprint density at radius 3 is 3.00 bits per heavy atom. The number of aromatic nitrogens is 1. The molecule has 0 aliphatic carbocycles. The lowest BCUT2D eigenvalue weighted by Gasteiger charge is -2.19. The lowest BCUT2D eigenvalue weighted by molar-refractivity contribution is 0.563. The summed E-state index contributed by atoms with van der Waals surface area (Å²) in [5.41, 5.74) is 7.30. The maximum atomic E-state index is 13.0. The third-order valence-corrected chi connectivity index (χ3v) is 2.49. The average Bonchev–Trinajstić information content (AvgIpc) is 2.81. The van der Waals surface area contributed by atoms with Gasteiger partial charge >= 0.3 is 0 Å². The van der Waals surface area contributed by atoms with Crippen LogP contribution >= 0.6 is 0 Å². The van der Waals surface area contributed by atoms with Gasteiger partial charge in [-0.05, 0) is 12.1 Å². The van der Waals surface area contributed by atoms with E-state index >= 15 is 0 Å². The molecule has 2 N–H and O–H groups in total. The molecule has 0 atom stereocenters.